The van der Waals surface area contributed by atoms with Crippen LogP contribution in [-0.2, 0) is 0 Å². The monoisotopic (exact) mass is 521 g/mol. The van der Waals surface area contributed by atoms with Crippen LogP contribution in [0.15, 0.2) is 91.0 Å². The number of imidazole rings is 1. The van der Waals surface area contributed by atoms with Crippen LogP contribution in [0.5, 0.6) is 0 Å². The molecule has 1 aliphatic carbocycles. The number of hydrogen-bond acceptors (Lipinski definition) is 4. The van der Waals surface area contributed by atoms with Gasteiger partial charge in [0.05, 0.1) is 21.7 Å². The first-order chi connectivity index (χ1) is 18.4. The van der Waals surface area contributed by atoms with E-state index in [1.165, 1.54) is 11.6 Å². The molecule has 0 radical (unpaired) electrons. The number of nitrogen functional groups attached to an aromatic ring is 1. The lowest BCUT2D eigenvalue weighted by molar-refractivity contribution is 0.0949. The third-order valence-corrected chi connectivity index (χ3v) is 7.08. The van der Waals surface area contributed by atoms with Crippen molar-refractivity contribution in [3.63, 3.8) is 0 Å². The molecule has 2 unspecified atom stereocenters. The molecule has 2 amide bonds. The van der Waals surface area contributed by atoms with E-state index >= 15 is 0 Å². The zero-order chi connectivity index (χ0) is 26.2. The number of hydrogen-bond donors (Lipinski definition) is 4. The SMILES string of the molecule is Nc1ccc(C(=O)Nc2ccc(-c3nc4ccc(C(=O)NC5CC5c5ccccc5)cc4[nH]3)cc2)cc1Cl. The zero-order valence-electron chi connectivity index (χ0n) is 20.2. The molecule has 5 N–H and O–H groups in total. The van der Waals surface area contributed by atoms with Crippen molar-refractivity contribution in [3.8, 4) is 11.4 Å². The molecule has 1 fully saturated rings. The number of benzene rings is 4. The predicted molar refractivity (Wildman–Crippen MR) is 150 cm³/mol. The number of anilines is 2. The predicted octanol–water partition coefficient (Wildman–Crippen LogP) is 6.00. The molecule has 1 aromatic heterocycles. The number of nitrogens with two attached hydrogens (primary N) is 1. The Morgan fingerprint density at radius 2 is 1.63 bits per heavy atom. The molecular formula is C30H24ClN5O2. The van der Waals surface area contributed by atoms with E-state index in [4.69, 9.17) is 17.3 Å². The normalized spacial score (nSPS) is 16.2. The van der Waals surface area contributed by atoms with E-state index < -0.39 is 0 Å². The van der Waals surface area contributed by atoms with Gasteiger partial charge in [0, 0.05) is 34.3 Å². The summed E-state index contributed by atoms with van der Waals surface area (Å²) >= 11 is 6.03. The van der Waals surface area contributed by atoms with E-state index in [9.17, 15) is 9.59 Å². The molecular weight excluding hydrogens is 498 g/mol. The molecule has 0 saturated heterocycles. The molecule has 5 aromatic rings. The van der Waals surface area contributed by atoms with Crippen molar-refractivity contribution < 1.29 is 9.59 Å². The van der Waals surface area contributed by atoms with Crippen molar-refractivity contribution in [3.05, 3.63) is 113 Å². The van der Waals surface area contributed by atoms with Crippen LogP contribution in [0.1, 0.15) is 38.6 Å². The van der Waals surface area contributed by atoms with Crippen molar-refractivity contribution in [2.24, 2.45) is 0 Å². The van der Waals surface area contributed by atoms with Gasteiger partial charge in [-0.25, -0.2) is 4.98 Å². The van der Waals surface area contributed by atoms with Crippen molar-refractivity contribution >= 4 is 45.8 Å². The highest BCUT2D eigenvalue weighted by Crippen LogP contribution is 2.40. The first kappa shape index (κ1) is 23.8. The van der Waals surface area contributed by atoms with E-state index in [0.29, 0.717) is 39.3 Å². The Morgan fingerprint density at radius 3 is 2.39 bits per heavy atom. The topological polar surface area (TPSA) is 113 Å². The largest absolute Gasteiger partial charge is 0.398 e. The summed E-state index contributed by atoms with van der Waals surface area (Å²) in [5.41, 5.74) is 11.4. The minimum atomic E-state index is -0.282. The maximum Gasteiger partial charge on any atom is 0.255 e. The third-order valence-electron chi connectivity index (χ3n) is 6.76. The van der Waals surface area contributed by atoms with Gasteiger partial charge >= 0.3 is 0 Å². The molecule has 0 spiro atoms. The first-order valence-electron chi connectivity index (χ1n) is 12.3. The summed E-state index contributed by atoms with van der Waals surface area (Å²) in [5.74, 6) is 0.677. The van der Waals surface area contributed by atoms with E-state index in [1.54, 1.807) is 30.3 Å². The summed E-state index contributed by atoms with van der Waals surface area (Å²) in [6.45, 7) is 0. The Morgan fingerprint density at radius 1 is 0.895 bits per heavy atom. The number of amides is 2. The highest BCUT2D eigenvalue weighted by molar-refractivity contribution is 6.33. The standard InChI is InChI=1S/C30H24ClN5O2/c31-23-14-19(8-12-24(23)32)29(37)33-21-10-6-18(7-11-21)28-34-25-13-9-20(15-27(25)35-28)30(38)36-26-16-22(26)17-4-2-1-3-5-17/h1-15,22,26H,16,32H2,(H,33,37)(H,34,35)(H,36,38). The highest BCUT2D eigenvalue weighted by atomic mass is 35.5. The number of carbonyl (C=O) groups is 2. The lowest BCUT2D eigenvalue weighted by Crippen LogP contribution is -2.26. The fraction of sp³-hybridized carbons (Fsp3) is 0.100. The van der Waals surface area contributed by atoms with E-state index in [2.05, 4.69) is 32.7 Å². The van der Waals surface area contributed by atoms with Crippen molar-refractivity contribution in [2.75, 3.05) is 11.1 Å². The van der Waals surface area contributed by atoms with Gasteiger partial charge in [0.1, 0.15) is 5.82 Å². The Kier molecular flexibility index (Phi) is 6.05. The molecule has 2 atom stereocenters. The van der Waals surface area contributed by atoms with Gasteiger partial charge in [-0.2, -0.15) is 0 Å². The van der Waals surface area contributed by atoms with Crippen LogP contribution in [0, 0.1) is 0 Å². The van der Waals surface area contributed by atoms with Gasteiger partial charge in [0.15, 0.2) is 0 Å². The lowest BCUT2D eigenvalue weighted by Gasteiger charge is -2.07. The van der Waals surface area contributed by atoms with Gasteiger partial charge in [0.2, 0.25) is 0 Å². The van der Waals surface area contributed by atoms with Crippen molar-refractivity contribution in [1.29, 1.82) is 0 Å². The van der Waals surface area contributed by atoms with Crippen LogP contribution in [-0.4, -0.2) is 27.8 Å². The molecule has 0 bridgehead atoms. The van der Waals surface area contributed by atoms with Gasteiger partial charge in [-0.15, -0.1) is 0 Å². The molecule has 38 heavy (non-hydrogen) atoms. The average molecular weight is 522 g/mol. The minimum Gasteiger partial charge on any atom is -0.398 e. The molecule has 0 aliphatic heterocycles. The van der Waals surface area contributed by atoms with E-state index in [-0.39, 0.29) is 17.9 Å². The maximum atomic E-state index is 12.9. The molecule has 8 heteroatoms. The lowest BCUT2D eigenvalue weighted by atomic mass is 10.1. The summed E-state index contributed by atoms with van der Waals surface area (Å²) in [7, 11) is 0. The van der Waals surface area contributed by atoms with E-state index in [1.807, 2.05) is 42.5 Å². The van der Waals surface area contributed by atoms with Gasteiger partial charge in [-0.05, 0) is 72.6 Å². The molecule has 188 valence electrons. The van der Waals surface area contributed by atoms with Crippen LogP contribution >= 0.6 is 11.6 Å². The van der Waals surface area contributed by atoms with Crippen LogP contribution in [0.3, 0.4) is 0 Å². The Balaban J connectivity index is 1.13. The summed E-state index contributed by atoms with van der Waals surface area (Å²) in [6.07, 6.45) is 0.955. The van der Waals surface area contributed by atoms with Crippen LogP contribution in [0.25, 0.3) is 22.4 Å². The fourth-order valence-corrected chi connectivity index (χ4v) is 4.73. The van der Waals surface area contributed by atoms with Crippen molar-refractivity contribution in [1.82, 2.24) is 15.3 Å². The number of rotatable bonds is 6. The zero-order valence-corrected chi connectivity index (χ0v) is 21.0. The number of nitrogens with zero attached hydrogens (tertiary/aromatic N) is 1. The van der Waals surface area contributed by atoms with Crippen LogP contribution in [0.2, 0.25) is 5.02 Å². The molecule has 1 heterocycles. The number of aromatic amines is 1. The van der Waals surface area contributed by atoms with Gasteiger partial charge in [-0.1, -0.05) is 41.9 Å². The van der Waals surface area contributed by atoms with Gasteiger partial charge in [0.25, 0.3) is 11.8 Å². The van der Waals surface area contributed by atoms with Gasteiger partial charge < -0.3 is 21.4 Å². The Hall–Kier alpha value is -4.62. The number of halogens is 1. The smallest absolute Gasteiger partial charge is 0.255 e. The number of aromatic nitrogens is 2. The summed E-state index contributed by atoms with van der Waals surface area (Å²) in [4.78, 5) is 33.4. The number of carbonyl (C=O) groups excluding carboxylic acids is 2. The Bertz CT molecular complexity index is 1660. The number of fused-ring (bicyclic) bond motifs is 1. The first-order valence-corrected chi connectivity index (χ1v) is 12.6. The fourth-order valence-electron chi connectivity index (χ4n) is 4.55. The van der Waals surface area contributed by atoms with Crippen LogP contribution < -0.4 is 16.4 Å². The second kappa shape index (κ2) is 9.68. The third kappa shape index (κ3) is 4.84. The minimum absolute atomic E-state index is 0.0889. The maximum absolute atomic E-state index is 12.9. The van der Waals surface area contributed by atoms with E-state index in [0.717, 1.165) is 23.0 Å². The quantitative estimate of drug-likeness (QED) is 0.205. The summed E-state index contributed by atoms with van der Waals surface area (Å²) in [5, 5.41) is 6.33. The number of H-pyrrole nitrogens is 1. The molecule has 7 nitrogen and oxygen atoms in total. The second-order valence-electron chi connectivity index (χ2n) is 9.42. The van der Waals surface area contributed by atoms with Crippen LogP contribution in [0.4, 0.5) is 11.4 Å². The van der Waals surface area contributed by atoms with Gasteiger partial charge in [-0.3, -0.25) is 9.59 Å². The summed E-state index contributed by atoms with van der Waals surface area (Å²) in [6, 6.07) is 28.0. The number of nitrogens with one attached hydrogen (secondary N) is 3. The van der Waals surface area contributed by atoms with Crippen molar-refractivity contribution in [2.45, 2.75) is 18.4 Å². The molecule has 1 aliphatic rings. The highest BCUT2D eigenvalue weighted by Gasteiger charge is 2.39. The summed E-state index contributed by atoms with van der Waals surface area (Å²) < 4.78 is 0. The second-order valence-corrected chi connectivity index (χ2v) is 9.83. The molecule has 6 rings (SSSR count). The molecule has 1 saturated carbocycles. The Labute approximate surface area is 224 Å². The molecule has 4 aromatic carbocycles. The average Bonchev–Trinajstić information content (AvgIpc) is 3.57.